The third-order valence-corrected chi connectivity index (χ3v) is 0.670. The first-order valence-corrected chi connectivity index (χ1v) is 2.55. The summed E-state index contributed by atoms with van der Waals surface area (Å²) in [7, 11) is 1.77. The molecule has 0 unspecified atom stereocenters. The molecular formula is C3H10N4O2. The Kier molecular flexibility index (Phi) is 4.75. The van der Waals surface area contributed by atoms with Gasteiger partial charge in [0.25, 0.3) is 0 Å². The fourth-order valence-corrected chi connectivity index (χ4v) is 0.308. The number of hydrogen-bond acceptors (Lipinski definition) is 4. The maximum atomic E-state index is 9.57. The van der Waals surface area contributed by atoms with Crippen LogP contribution in [0.5, 0.6) is 0 Å². The van der Waals surface area contributed by atoms with Gasteiger partial charge in [0.2, 0.25) is 0 Å². The molecule has 54 valence electrons. The van der Waals surface area contributed by atoms with Gasteiger partial charge < -0.3 is 5.32 Å². The Morgan fingerprint density at radius 2 is 2.22 bits per heavy atom. The van der Waals surface area contributed by atoms with Gasteiger partial charge in [-0.2, -0.15) is 5.43 Å². The van der Waals surface area contributed by atoms with Gasteiger partial charge in [0.05, 0.1) is 0 Å². The van der Waals surface area contributed by atoms with Crippen LogP contribution in [0.3, 0.4) is 0 Å². The van der Waals surface area contributed by atoms with Crippen LogP contribution in [0.25, 0.3) is 0 Å². The number of hydrazine groups is 2. The second-order valence-corrected chi connectivity index (χ2v) is 1.40. The van der Waals surface area contributed by atoms with E-state index in [1.165, 1.54) is 0 Å². The average molecular weight is 134 g/mol. The predicted molar refractivity (Wildman–Crippen MR) is 32.1 cm³/mol. The van der Waals surface area contributed by atoms with Crippen molar-refractivity contribution in [3.8, 4) is 0 Å². The first-order chi connectivity index (χ1) is 4.27. The molecule has 3 N–H and O–H groups in total. The third kappa shape index (κ3) is 7.12. The molecule has 0 atom stereocenters. The molecule has 0 radical (unpaired) electrons. The van der Waals surface area contributed by atoms with Crippen LogP contribution in [-0.2, 0) is 0 Å². The van der Waals surface area contributed by atoms with Crippen molar-refractivity contribution in [2.75, 3.05) is 20.1 Å². The Hall–Kier alpha value is -0.880. The molecule has 6 nitrogen and oxygen atoms in total. The zero-order valence-corrected chi connectivity index (χ0v) is 5.18. The van der Waals surface area contributed by atoms with Crippen LogP contribution in [0, 0.1) is 10.1 Å². The maximum absolute atomic E-state index is 9.57. The summed E-state index contributed by atoms with van der Waals surface area (Å²) < 4.78 is 0. The Morgan fingerprint density at radius 3 is 2.67 bits per heavy atom. The fourth-order valence-electron chi connectivity index (χ4n) is 0.308. The van der Waals surface area contributed by atoms with Crippen molar-refractivity contribution in [3.63, 3.8) is 0 Å². The van der Waals surface area contributed by atoms with Crippen LogP contribution < -0.4 is 16.3 Å². The highest BCUT2D eigenvalue weighted by Crippen LogP contribution is 1.52. The highest BCUT2D eigenvalue weighted by molar-refractivity contribution is 4.38. The summed E-state index contributed by atoms with van der Waals surface area (Å²) in [5, 5.41) is 11.7. The number of likely N-dealkylation sites (N-methyl/N-ethyl adjacent to an activating group) is 1. The summed E-state index contributed by atoms with van der Waals surface area (Å²) in [5.74, 6) is 0. The summed E-state index contributed by atoms with van der Waals surface area (Å²) in [6.07, 6.45) is 0. The number of rotatable bonds is 5. The highest BCUT2D eigenvalue weighted by atomic mass is 16.7. The molecule has 0 spiro atoms. The van der Waals surface area contributed by atoms with E-state index in [1.807, 2.05) is 5.53 Å². The zero-order chi connectivity index (χ0) is 7.11. The first-order valence-electron chi connectivity index (χ1n) is 2.55. The van der Waals surface area contributed by atoms with E-state index < -0.39 is 5.03 Å². The van der Waals surface area contributed by atoms with E-state index in [9.17, 15) is 10.1 Å². The van der Waals surface area contributed by atoms with Gasteiger partial charge in [0.1, 0.15) is 0 Å². The minimum Gasteiger partial charge on any atom is -0.318 e. The maximum Gasteiger partial charge on any atom is 0.173 e. The quantitative estimate of drug-likeness (QED) is 0.242. The minimum atomic E-state index is -0.643. The zero-order valence-electron chi connectivity index (χ0n) is 5.18. The van der Waals surface area contributed by atoms with Crippen molar-refractivity contribution in [3.05, 3.63) is 10.1 Å². The lowest BCUT2D eigenvalue weighted by atomic mass is 10.7. The molecule has 0 aromatic rings. The molecule has 0 fully saturated rings. The fraction of sp³-hybridized carbons (Fsp3) is 1.00. The Labute approximate surface area is 52.7 Å². The molecule has 0 heterocycles. The molecule has 6 heteroatoms. The second-order valence-electron chi connectivity index (χ2n) is 1.40. The predicted octanol–water partition coefficient (Wildman–Crippen LogP) is -1.51. The van der Waals surface area contributed by atoms with Crippen molar-refractivity contribution < 1.29 is 5.03 Å². The summed E-state index contributed by atoms with van der Waals surface area (Å²) in [4.78, 5) is 9.57. The Bertz CT molecular complexity index is 85.9. The van der Waals surface area contributed by atoms with Crippen molar-refractivity contribution in [2.45, 2.75) is 0 Å². The normalized spacial score (nSPS) is 9.00. The largest absolute Gasteiger partial charge is 0.318 e. The van der Waals surface area contributed by atoms with Crippen molar-refractivity contribution in [1.29, 1.82) is 0 Å². The van der Waals surface area contributed by atoms with Crippen LogP contribution in [0.15, 0.2) is 0 Å². The Balaban J connectivity index is 2.83. The summed E-state index contributed by atoms with van der Waals surface area (Å²) in [6, 6.07) is 0. The summed E-state index contributed by atoms with van der Waals surface area (Å²) in [6.45, 7) is 1.22. The van der Waals surface area contributed by atoms with Gasteiger partial charge >= 0.3 is 0 Å². The van der Waals surface area contributed by atoms with Crippen LogP contribution >= 0.6 is 0 Å². The van der Waals surface area contributed by atoms with Gasteiger partial charge in [0.15, 0.2) is 5.03 Å². The van der Waals surface area contributed by atoms with Crippen LogP contribution in [0.4, 0.5) is 0 Å². The SMILES string of the molecule is CNCCNN[N+](=O)[O-]. The number of nitro groups is 1. The molecule has 0 rings (SSSR count). The lowest BCUT2D eigenvalue weighted by Gasteiger charge is -1.97. The van der Waals surface area contributed by atoms with E-state index in [0.29, 0.717) is 13.1 Å². The molecule has 0 bridgehead atoms. The van der Waals surface area contributed by atoms with E-state index in [0.717, 1.165) is 0 Å². The molecule has 0 saturated carbocycles. The number of nitrogens with one attached hydrogen (secondary N) is 3. The summed E-state index contributed by atoms with van der Waals surface area (Å²) >= 11 is 0. The van der Waals surface area contributed by atoms with E-state index in [-0.39, 0.29) is 0 Å². The van der Waals surface area contributed by atoms with Crippen LogP contribution in [0.1, 0.15) is 0 Å². The van der Waals surface area contributed by atoms with Crippen LogP contribution in [-0.4, -0.2) is 25.2 Å². The van der Waals surface area contributed by atoms with Crippen LogP contribution in [0.2, 0.25) is 0 Å². The van der Waals surface area contributed by atoms with Gasteiger partial charge in [-0.1, -0.05) is 5.53 Å². The third-order valence-electron chi connectivity index (χ3n) is 0.670. The first kappa shape index (κ1) is 8.12. The molecule has 0 aliphatic heterocycles. The van der Waals surface area contributed by atoms with Crippen molar-refractivity contribution in [2.24, 2.45) is 0 Å². The lowest BCUT2D eigenvalue weighted by Crippen LogP contribution is -2.40. The number of hydrogen-bond donors (Lipinski definition) is 3. The second kappa shape index (κ2) is 5.26. The van der Waals surface area contributed by atoms with Gasteiger partial charge in [-0.25, -0.2) is 10.1 Å². The van der Waals surface area contributed by atoms with E-state index >= 15 is 0 Å². The number of nitrogens with zero attached hydrogens (tertiary/aromatic N) is 1. The smallest absolute Gasteiger partial charge is 0.173 e. The topological polar surface area (TPSA) is 79.2 Å². The summed E-state index contributed by atoms with van der Waals surface area (Å²) in [5.41, 5.74) is 4.19. The molecule has 0 aliphatic rings. The average Bonchev–Trinajstić information content (AvgIpc) is 1.80. The molecular weight excluding hydrogens is 124 g/mol. The standard InChI is InChI=1S/C3H10N4O2/c1-4-2-3-5-6-7(8)9/h4-6H,2-3H2,1H3. The van der Waals surface area contributed by atoms with Gasteiger partial charge in [-0.05, 0) is 7.05 Å². The monoisotopic (exact) mass is 134 g/mol. The molecule has 0 amide bonds. The highest BCUT2D eigenvalue weighted by Gasteiger charge is 1.87. The molecule has 0 aliphatic carbocycles. The van der Waals surface area contributed by atoms with E-state index in [4.69, 9.17) is 0 Å². The van der Waals surface area contributed by atoms with E-state index in [2.05, 4.69) is 10.7 Å². The molecule has 0 aromatic carbocycles. The lowest BCUT2D eigenvalue weighted by molar-refractivity contribution is -0.555. The molecule has 0 saturated heterocycles. The van der Waals surface area contributed by atoms with Gasteiger partial charge in [-0.15, -0.1) is 0 Å². The molecule has 9 heavy (non-hydrogen) atoms. The molecule has 0 aromatic heterocycles. The minimum absolute atomic E-state index is 0.525. The van der Waals surface area contributed by atoms with Gasteiger partial charge in [0, 0.05) is 13.1 Å². The van der Waals surface area contributed by atoms with Crippen molar-refractivity contribution >= 4 is 0 Å². The van der Waals surface area contributed by atoms with E-state index in [1.54, 1.807) is 7.05 Å². The van der Waals surface area contributed by atoms with Crippen molar-refractivity contribution in [1.82, 2.24) is 16.3 Å². The Morgan fingerprint density at radius 1 is 1.56 bits per heavy atom. The van der Waals surface area contributed by atoms with Gasteiger partial charge in [-0.3, -0.25) is 0 Å².